The van der Waals surface area contributed by atoms with Gasteiger partial charge < -0.3 is 20.6 Å². The van der Waals surface area contributed by atoms with E-state index in [-0.39, 0.29) is 18.2 Å². The van der Waals surface area contributed by atoms with E-state index in [9.17, 15) is 19.5 Å². The first-order chi connectivity index (χ1) is 12.5. The number of anilines is 1. The van der Waals surface area contributed by atoms with Crippen LogP contribution in [0, 0.1) is 0 Å². The summed E-state index contributed by atoms with van der Waals surface area (Å²) in [6, 6.07) is 12.9. The van der Waals surface area contributed by atoms with E-state index in [2.05, 4.69) is 10.6 Å². The van der Waals surface area contributed by atoms with E-state index in [1.165, 1.54) is 4.90 Å². The number of likely N-dealkylation sites (N-methyl/N-ethyl adjacent to an activating group) is 1. The molecule has 2 aromatic carbocycles. The number of nitrogens with zero attached hydrogens (tertiary/aromatic N) is 1. The predicted octanol–water partition coefficient (Wildman–Crippen LogP) is 0.885. The van der Waals surface area contributed by atoms with E-state index in [0.717, 1.165) is 11.3 Å². The molecule has 3 amide bonds. The summed E-state index contributed by atoms with van der Waals surface area (Å²) < 4.78 is 0. The number of aromatic hydroxyl groups is 1. The third-order valence-electron chi connectivity index (χ3n) is 4.30. The zero-order valence-corrected chi connectivity index (χ0v) is 14.2. The predicted molar refractivity (Wildman–Crippen MR) is 95.6 cm³/mol. The maximum Gasteiger partial charge on any atom is 0.310 e. The van der Waals surface area contributed by atoms with Gasteiger partial charge in [-0.1, -0.05) is 30.3 Å². The Balaban J connectivity index is 1.55. The molecule has 0 unspecified atom stereocenters. The molecular formula is C19H19N3O4. The van der Waals surface area contributed by atoms with Crippen LogP contribution in [-0.2, 0) is 20.8 Å². The van der Waals surface area contributed by atoms with E-state index in [0.29, 0.717) is 12.0 Å². The quantitative estimate of drug-likeness (QED) is 0.711. The Morgan fingerprint density at radius 3 is 2.50 bits per heavy atom. The lowest BCUT2D eigenvalue weighted by atomic mass is 10.1. The maximum absolute atomic E-state index is 12.3. The summed E-state index contributed by atoms with van der Waals surface area (Å²) >= 11 is 0. The van der Waals surface area contributed by atoms with E-state index in [4.69, 9.17) is 0 Å². The minimum absolute atomic E-state index is 0.170. The van der Waals surface area contributed by atoms with Crippen LogP contribution in [-0.4, -0.2) is 36.4 Å². The van der Waals surface area contributed by atoms with Crippen molar-refractivity contribution < 1.29 is 19.5 Å². The number of hydrogen-bond acceptors (Lipinski definition) is 4. The second kappa shape index (κ2) is 7.26. The number of phenols is 1. The van der Waals surface area contributed by atoms with Gasteiger partial charge in [0, 0.05) is 24.8 Å². The van der Waals surface area contributed by atoms with Crippen LogP contribution in [0.3, 0.4) is 0 Å². The van der Waals surface area contributed by atoms with Crippen LogP contribution in [0.25, 0.3) is 0 Å². The normalized spacial score (nSPS) is 15.5. The fraction of sp³-hybridized carbons (Fsp3) is 0.211. The number of rotatable bonds is 4. The van der Waals surface area contributed by atoms with Gasteiger partial charge in [-0.25, -0.2) is 0 Å². The molecule has 3 N–H and O–H groups in total. The lowest BCUT2D eigenvalue weighted by Crippen LogP contribution is -2.44. The fourth-order valence-corrected chi connectivity index (χ4v) is 2.88. The third kappa shape index (κ3) is 3.51. The van der Waals surface area contributed by atoms with Crippen molar-refractivity contribution in [1.82, 2.24) is 10.6 Å². The number of para-hydroxylation sites is 1. The summed E-state index contributed by atoms with van der Waals surface area (Å²) in [5.74, 6) is -1.75. The highest BCUT2D eigenvalue weighted by Crippen LogP contribution is 2.34. The van der Waals surface area contributed by atoms with Gasteiger partial charge in [0.2, 0.25) is 0 Å². The topological polar surface area (TPSA) is 98.7 Å². The fourth-order valence-electron chi connectivity index (χ4n) is 2.88. The van der Waals surface area contributed by atoms with E-state index in [1.807, 2.05) is 6.07 Å². The molecule has 0 aliphatic carbocycles. The first kappa shape index (κ1) is 17.5. The van der Waals surface area contributed by atoms with Gasteiger partial charge in [-0.15, -0.1) is 0 Å². The Kier molecular flexibility index (Phi) is 4.88. The van der Waals surface area contributed by atoms with Gasteiger partial charge in [0.25, 0.3) is 5.91 Å². The molecule has 1 aliphatic rings. The Labute approximate surface area is 150 Å². The van der Waals surface area contributed by atoms with Gasteiger partial charge in [-0.2, -0.15) is 0 Å². The van der Waals surface area contributed by atoms with Crippen LogP contribution in [0.1, 0.15) is 17.2 Å². The monoisotopic (exact) mass is 353 g/mol. The molecule has 0 fully saturated rings. The lowest BCUT2D eigenvalue weighted by molar-refractivity contribution is -0.140. The first-order valence-electron chi connectivity index (χ1n) is 8.20. The van der Waals surface area contributed by atoms with Crippen LogP contribution in [0.4, 0.5) is 5.69 Å². The standard InChI is InChI=1S/C19H19N3O4/c1-22-15-5-3-2-4-14(15)16(19(22)26)21-18(25)17(24)20-11-10-12-6-8-13(23)9-7-12/h2-9,16,23H,10-11H2,1H3,(H,20,24)(H,21,25)/t16-/m1/s1. The van der Waals surface area contributed by atoms with E-state index >= 15 is 0 Å². The van der Waals surface area contributed by atoms with Crippen molar-refractivity contribution in [3.05, 3.63) is 59.7 Å². The molecule has 1 heterocycles. The Morgan fingerprint density at radius 2 is 1.77 bits per heavy atom. The number of phenolic OH excluding ortho intramolecular Hbond substituents is 1. The van der Waals surface area contributed by atoms with Gasteiger partial charge in [-0.3, -0.25) is 14.4 Å². The summed E-state index contributed by atoms with van der Waals surface area (Å²) in [6.45, 7) is 0.270. The highest BCUT2D eigenvalue weighted by molar-refractivity contribution is 6.35. The van der Waals surface area contributed by atoms with Crippen molar-refractivity contribution in [2.75, 3.05) is 18.5 Å². The minimum Gasteiger partial charge on any atom is -0.508 e. The second-order valence-electron chi connectivity index (χ2n) is 6.03. The summed E-state index contributed by atoms with van der Waals surface area (Å²) in [4.78, 5) is 37.9. The number of benzene rings is 2. The zero-order valence-electron chi connectivity index (χ0n) is 14.2. The molecule has 7 heteroatoms. The number of carbonyl (C=O) groups is 3. The van der Waals surface area contributed by atoms with Crippen molar-refractivity contribution >= 4 is 23.4 Å². The molecule has 0 saturated heterocycles. The van der Waals surface area contributed by atoms with Crippen LogP contribution >= 0.6 is 0 Å². The lowest BCUT2D eigenvalue weighted by Gasteiger charge is -2.13. The van der Waals surface area contributed by atoms with E-state index < -0.39 is 17.9 Å². The number of amides is 3. The number of nitrogens with one attached hydrogen (secondary N) is 2. The van der Waals surface area contributed by atoms with E-state index in [1.54, 1.807) is 49.5 Å². The molecule has 0 saturated carbocycles. The molecule has 134 valence electrons. The number of carbonyl (C=O) groups excluding carboxylic acids is 3. The molecule has 2 aromatic rings. The molecule has 1 aliphatic heterocycles. The van der Waals surface area contributed by atoms with Gasteiger partial charge in [0.05, 0.1) is 0 Å². The molecule has 0 spiro atoms. The van der Waals surface area contributed by atoms with Gasteiger partial charge in [-0.05, 0) is 30.2 Å². The molecule has 0 radical (unpaired) electrons. The molecular weight excluding hydrogens is 334 g/mol. The smallest absolute Gasteiger partial charge is 0.310 e. The molecule has 7 nitrogen and oxygen atoms in total. The van der Waals surface area contributed by atoms with Crippen molar-refractivity contribution in [1.29, 1.82) is 0 Å². The Bertz CT molecular complexity index is 848. The largest absolute Gasteiger partial charge is 0.508 e. The highest BCUT2D eigenvalue weighted by atomic mass is 16.3. The Morgan fingerprint density at radius 1 is 1.08 bits per heavy atom. The van der Waals surface area contributed by atoms with Crippen molar-refractivity contribution in [3.63, 3.8) is 0 Å². The summed E-state index contributed by atoms with van der Waals surface area (Å²) in [6.07, 6.45) is 0.521. The maximum atomic E-state index is 12.3. The number of hydrogen-bond donors (Lipinski definition) is 3. The Hall–Kier alpha value is -3.35. The average Bonchev–Trinajstić information content (AvgIpc) is 2.88. The average molecular weight is 353 g/mol. The summed E-state index contributed by atoms with van der Waals surface area (Å²) in [7, 11) is 1.63. The van der Waals surface area contributed by atoms with Gasteiger partial charge >= 0.3 is 11.8 Å². The summed E-state index contributed by atoms with van der Waals surface area (Å²) in [5.41, 5.74) is 2.31. The van der Waals surface area contributed by atoms with Crippen LogP contribution < -0.4 is 15.5 Å². The van der Waals surface area contributed by atoms with Gasteiger partial charge in [0.1, 0.15) is 11.8 Å². The molecule has 0 aromatic heterocycles. The molecule has 26 heavy (non-hydrogen) atoms. The first-order valence-corrected chi connectivity index (χ1v) is 8.20. The molecule has 1 atom stereocenters. The molecule has 0 bridgehead atoms. The zero-order chi connectivity index (χ0) is 18.7. The van der Waals surface area contributed by atoms with Crippen LogP contribution in [0.15, 0.2) is 48.5 Å². The minimum atomic E-state index is -0.855. The second-order valence-corrected chi connectivity index (χ2v) is 6.03. The van der Waals surface area contributed by atoms with Crippen molar-refractivity contribution in [2.45, 2.75) is 12.5 Å². The van der Waals surface area contributed by atoms with Crippen molar-refractivity contribution in [2.24, 2.45) is 0 Å². The van der Waals surface area contributed by atoms with Gasteiger partial charge in [0.15, 0.2) is 0 Å². The SMILES string of the molecule is CN1C(=O)[C@H](NC(=O)C(=O)NCCc2ccc(O)cc2)c2ccccc21. The summed E-state index contributed by atoms with van der Waals surface area (Å²) in [5, 5.41) is 14.3. The third-order valence-corrected chi connectivity index (χ3v) is 4.30. The highest BCUT2D eigenvalue weighted by Gasteiger charge is 2.36. The van der Waals surface area contributed by atoms with Crippen LogP contribution in [0.2, 0.25) is 0 Å². The van der Waals surface area contributed by atoms with Crippen LogP contribution in [0.5, 0.6) is 5.75 Å². The van der Waals surface area contributed by atoms with Crippen molar-refractivity contribution in [3.8, 4) is 5.75 Å². The molecule has 3 rings (SSSR count). The number of fused-ring (bicyclic) bond motifs is 1.